The van der Waals surface area contributed by atoms with E-state index in [0.29, 0.717) is 5.56 Å². The Bertz CT molecular complexity index is 1360. The van der Waals surface area contributed by atoms with E-state index in [0.717, 1.165) is 37.0 Å². The number of ether oxygens (including phenoxy) is 2. The first-order chi connectivity index (χ1) is 19.6. The molecule has 10 heteroatoms. The molecule has 3 atom stereocenters. The van der Waals surface area contributed by atoms with E-state index in [9.17, 15) is 18.3 Å². The molecule has 1 aliphatic carbocycles. The minimum absolute atomic E-state index is 0.0130. The van der Waals surface area contributed by atoms with E-state index in [4.69, 9.17) is 9.47 Å². The summed E-state index contributed by atoms with van der Waals surface area (Å²) in [5.41, 5.74) is 1.37. The first kappa shape index (κ1) is 30.7. The summed E-state index contributed by atoms with van der Waals surface area (Å²) in [6, 6.07) is 11.5. The van der Waals surface area contributed by atoms with Gasteiger partial charge < -0.3 is 24.8 Å². The number of nitrogens with one attached hydrogen (secondary N) is 1. The summed E-state index contributed by atoms with van der Waals surface area (Å²) in [6.45, 7) is 3.68. The second-order valence-corrected chi connectivity index (χ2v) is 12.9. The lowest BCUT2D eigenvalue weighted by Crippen LogP contribution is -2.52. The van der Waals surface area contributed by atoms with E-state index >= 15 is 0 Å². The molecule has 0 aromatic heterocycles. The van der Waals surface area contributed by atoms with Crippen LogP contribution in [0.4, 0.5) is 4.79 Å². The van der Waals surface area contributed by atoms with Crippen molar-refractivity contribution in [3.8, 4) is 23.3 Å². The van der Waals surface area contributed by atoms with E-state index in [1.807, 2.05) is 31.2 Å². The predicted octanol–water partition coefficient (Wildman–Crippen LogP) is 3.84. The molecule has 222 valence electrons. The van der Waals surface area contributed by atoms with E-state index in [1.54, 1.807) is 38.1 Å². The molecule has 1 heterocycles. The average molecular weight is 584 g/mol. The lowest BCUT2D eigenvalue weighted by Gasteiger charge is -2.37. The Morgan fingerprint density at radius 1 is 1.15 bits per heavy atom. The van der Waals surface area contributed by atoms with Crippen molar-refractivity contribution in [2.24, 2.45) is 5.92 Å². The number of likely N-dealkylation sites (N-methyl/N-ethyl adjacent to an activating group) is 1. The largest absolute Gasteiger partial charge is 0.497 e. The van der Waals surface area contributed by atoms with Crippen molar-refractivity contribution in [3.05, 3.63) is 53.6 Å². The first-order valence-electron chi connectivity index (χ1n) is 14.2. The standard InChI is InChI=1S/C31H41N3O6S/c1-22-19-34(23(2)21-35)41(37,38)30-17-14-25(11-10-24-12-15-27(39-4)16-13-24)18-28(30)40-29(22)20-33(3)31(36)32-26-8-6-5-7-9-26/h12-18,22-23,26,29,35H,5-9,19-21H2,1-4H3,(H,32,36)/t22-,23+,29+/m0/s1. The topological polar surface area (TPSA) is 108 Å². The van der Waals surface area contributed by atoms with E-state index in [2.05, 4.69) is 17.2 Å². The molecule has 0 bridgehead atoms. The van der Waals surface area contributed by atoms with Gasteiger partial charge in [0.25, 0.3) is 0 Å². The number of benzene rings is 2. The molecular formula is C31H41N3O6S. The molecule has 1 saturated carbocycles. The Balaban J connectivity index is 1.63. The van der Waals surface area contributed by atoms with Gasteiger partial charge in [-0.25, -0.2) is 13.2 Å². The molecule has 0 radical (unpaired) electrons. The molecule has 41 heavy (non-hydrogen) atoms. The molecule has 2 amide bonds. The van der Waals surface area contributed by atoms with Gasteiger partial charge in [0, 0.05) is 42.7 Å². The first-order valence-corrected chi connectivity index (χ1v) is 15.7. The summed E-state index contributed by atoms with van der Waals surface area (Å²) in [5.74, 6) is 6.83. The van der Waals surface area contributed by atoms with Crippen molar-refractivity contribution in [1.29, 1.82) is 0 Å². The smallest absolute Gasteiger partial charge is 0.317 e. The third-order valence-corrected chi connectivity index (χ3v) is 9.86. The van der Waals surface area contributed by atoms with Gasteiger partial charge >= 0.3 is 6.03 Å². The van der Waals surface area contributed by atoms with Crippen LogP contribution < -0.4 is 14.8 Å². The highest BCUT2D eigenvalue weighted by molar-refractivity contribution is 7.89. The van der Waals surface area contributed by atoms with Crippen LogP contribution in [0.15, 0.2) is 47.4 Å². The molecule has 2 aromatic carbocycles. The zero-order chi connectivity index (χ0) is 29.6. The fourth-order valence-electron chi connectivity index (χ4n) is 5.22. The number of fused-ring (bicyclic) bond motifs is 1. The highest BCUT2D eigenvalue weighted by Gasteiger charge is 2.38. The molecule has 0 saturated heterocycles. The Hall–Kier alpha value is -3.26. The molecule has 2 aromatic rings. The van der Waals surface area contributed by atoms with Crippen LogP contribution in [0.3, 0.4) is 0 Å². The Labute approximate surface area is 243 Å². The van der Waals surface area contributed by atoms with Gasteiger partial charge in [0.1, 0.15) is 22.5 Å². The minimum Gasteiger partial charge on any atom is -0.497 e. The predicted molar refractivity (Wildman–Crippen MR) is 157 cm³/mol. The zero-order valence-electron chi connectivity index (χ0n) is 24.3. The number of amides is 2. The van der Waals surface area contributed by atoms with Gasteiger partial charge in [-0.15, -0.1) is 0 Å². The maximum absolute atomic E-state index is 13.7. The molecule has 0 spiro atoms. The van der Waals surface area contributed by atoms with Crippen LogP contribution in [0.25, 0.3) is 0 Å². The number of nitrogens with zero attached hydrogens (tertiary/aromatic N) is 2. The number of aliphatic hydroxyl groups is 1. The van der Waals surface area contributed by atoms with Crippen LogP contribution in [0.2, 0.25) is 0 Å². The summed E-state index contributed by atoms with van der Waals surface area (Å²) in [5, 5.41) is 13.0. The van der Waals surface area contributed by atoms with Gasteiger partial charge in [-0.2, -0.15) is 4.31 Å². The lowest BCUT2D eigenvalue weighted by molar-refractivity contribution is 0.0806. The highest BCUT2D eigenvalue weighted by Crippen LogP contribution is 2.34. The number of urea groups is 1. The monoisotopic (exact) mass is 583 g/mol. The van der Waals surface area contributed by atoms with Gasteiger partial charge in [0.2, 0.25) is 10.0 Å². The van der Waals surface area contributed by atoms with Crippen LogP contribution in [0.5, 0.6) is 11.5 Å². The fraction of sp³-hybridized carbons (Fsp3) is 0.516. The number of sulfonamides is 1. The summed E-state index contributed by atoms with van der Waals surface area (Å²) in [7, 11) is -0.639. The quantitative estimate of drug-likeness (QED) is 0.501. The number of rotatable bonds is 6. The van der Waals surface area contributed by atoms with Gasteiger partial charge in [-0.1, -0.05) is 38.0 Å². The third-order valence-electron chi connectivity index (χ3n) is 7.84. The number of hydrogen-bond acceptors (Lipinski definition) is 6. The van der Waals surface area contributed by atoms with Gasteiger partial charge in [-0.05, 0) is 62.2 Å². The maximum Gasteiger partial charge on any atom is 0.317 e. The van der Waals surface area contributed by atoms with Crippen LogP contribution >= 0.6 is 0 Å². The highest BCUT2D eigenvalue weighted by atomic mass is 32.2. The molecule has 1 aliphatic heterocycles. The van der Waals surface area contributed by atoms with Crippen molar-refractivity contribution < 1.29 is 27.8 Å². The lowest BCUT2D eigenvalue weighted by atomic mass is 9.96. The number of methoxy groups -OCH3 is 1. The summed E-state index contributed by atoms with van der Waals surface area (Å²) in [6.07, 6.45) is 4.90. The normalized spacial score (nSPS) is 21.6. The Morgan fingerprint density at radius 3 is 2.46 bits per heavy atom. The molecule has 4 rings (SSSR count). The van der Waals surface area contributed by atoms with Crippen molar-refractivity contribution >= 4 is 16.1 Å². The second-order valence-electron chi connectivity index (χ2n) is 11.0. The minimum atomic E-state index is -3.97. The fourth-order valence-corrected chi connectivity index (χ4v) is 7.05. The molecule has 2 aliphatic rings. The van der Waals surface area contributed by atoms with E-state index < -0.39 is 22.2 Å². The van der Waals surface area contributed by atoms with Crippen molar-refractivity contribution in [2.75, 3.05) is 33.9 Å². The van der Waals surface area contributed by atoms with Crippen LogP contribution in [-0.2, 0) is 10.0 Å². The SMILES string of the molecule is COc1ccc(C#Cc2ccc3c(c2)O[C@H](CN(C)C(=O)NC2CCCCC2)[C@@H](C)CN([C@H](C)CO)S3(=O)=O)cc1. The molecule has 2 N–H and O–H groups in total. The number of carbonyl (C=O) groups excluding carboxylic acids is 1. The summed E-state index contributed by atoms with van der Waals surface area (Å²) < 4.78 is 40.4. The molecular weight excluding hydrogens is 542 g/mol. The number of aliphatic hydroxyl groups excluding tert-OH is 1. The van der Waals surface area contributed by atoms with Gasteiger partial charge in [-0.3, -0.25) is 0 Å². The third kappa shape index (κ3) is 7.53. The summed E-state index contributed by atoms with van der Waals surface area (Å²) >= 11 is 0. The van der Waals surface area contributed by atoms with Gasteiger partial charge in [0.15, 0.2) is 0 Å². The van der Waals surface area contributed by atoms with Crippen LogP contribution in [0, 0.1) is 17.8 Å². The maximum atomic E-state index is 13.7. The van der Waals surface area contributed by atoms with Crippen molar-refractivity contribution in [3.63, 3.8) is 0 Å². The Morgan fingerprint density at radius 2 is 1.80 bits per heavy atom. The van der Waals surface area contributed by atoms with Gasteiger partial charge in [0.05, 0.1) is 20.3 Å². The average Bonchev–Trinajstić information content (AvgIpc) is 2.98. The second kappa shape index (κ2) is 13.6. The summed E-state index contributed by atoms with van der Waals surface area (Å²) in [4.78, 5) is 14.6. The molecule has 0 unspecified atom stereocenters. The van der Waals surface area contributed by atoms with E-state index in [-0.39, 0.29) is 48.3 Å². The van der Waals surface area contributed by atoms with Crippen LogP contribution in [0.1, 0.15) is 57.1 Å². The Kier molecular flexibility index (Phi) is 10.2. The van der Waals surface area contributed by atoms with E-state index in [1.165, 1.54) is 16.8 Å². The molecule has 1 fully saturated rings. The van der Waals surface area contributed by atoms with Crippen LogP contribution in [-0.4, -0.2) is 80.8 Å². The van der Waals surface area contributed by atoms with Crippen molar-refractivity contribution in [2.45, 2.75) is 69.0 Å². The number of hydrogen-bond donors (Lipinski definition) is 2. The zero-order valence-corrected chi connectivity index (χ0v) is 25.1. The number of carbonyl (C=O) groups is 1. The van der Waals surface area contributed by atoms with Crippen molar-refractivity contribution in [1.82, 2.24) is 14.5 Å². The molecule has 9 nitrogen and oxygen atoms in total.